The number of hydrogen-bond acceptors (Lipinski definition) is 4. The molecule has 3 aromatic rings. The Kier molecular flexibility index (Phi) is 5.11. The molecule has 1 heterocycles. The van der Waals surface area contributed by atoms with Gasteiger partial charge in [0, 0.05) is 11.8 Å². The molecule has 0 atom stereocenters. The molecule has 8 heteroatoms. The highest BCUT2D eigenvalue weighted by atomic mass is 32.2. The molecule has 0 aliphatic heterocycles. The van der Waals surface area contributed by atoms with Crippen LogP contribution in [0.1, 0.15) is 16.1 Å². The first-order chi connectivity index (χ1) is 12.0. The van der Waals surface area contributed by atoms with Crippen molar-refractivity contribution >= 4 is 17.9 Å². The van der Waals surface area contributed by atoms with Crippen molar-refractivity contribution < 1.29 is 13.6 Å². The lowest BCUT2D eigenvalue weighted by molar-refractivity contribution is 0.0946. The van der Waals surface area contributed by atoms with Gasteiger partial charge in [-0.3, -0.25) is 10.2 Å². The number of benzene rings is 2. The van der Waals surface area contributed by atoms with Crippen LogP contribution in [0.4, 0.5) is 8.78 Å². The Morgan fingerprint density at radius 2 is 1.96 bits per heavy atom. The Morgan fingerprint density at radius 3 is 2.68 bits per heavy atom. The monoisotopic (exact) mass is 360 g/mol. The van der Waals surface area contributed by atoms with Crippen molar-refractivity contribution in [1.29, 1.82) is 0 Å². The molecule has 3 rings (SSSR count). The highest BCUT2D eigenvalue weighted by molar-refractivity contribution is 7.97. The predicted octanol–water partition coefficient (Wildman–Crippen LogP) is 3.40. The molecular formula is C17H14F2N4OS. The molecule has 128 valence electrons. The summed E-state index contributed by atoms with van der Waals surface area (Å²) in [6.45, 7) is 1.81. The number of rotatable bonds is 5. The smallest absolute Gasteiger partial charge is 0.266 e. The second-order valence-electron chi connectivity index (χ2n) is 5.19. The van der Waals surface area contributed by atoms with E-state index in [0.29, 0.717) is 10.6 Å². The van der Waals surface area contributed by atoms with E-state index in [1.54, 1.807) is 30.5 Å². The number of aromatic nitrogens is 2. The molecule has 0 radical (unpaired) electrons. The Labute approximate surface area is 147 Å². The summed E-state index contributed by atoms with van der Waals surface area (Å²) in [5.74, 6) is -1.51. The van der Waals surface area contributed by atoms with E-state index < -0.39 is 17.5 Å². The van der Waals surface area contributed by atoms with Crippen molar-refractivity contribution in [2.75, 3.05) is 0 Å². The maximum Gasteiger partial charge on any atom is 0.266 e. The minimum absolute atomic E-state index is 0.116. The number of hydrogen-bond donors (Lipinski definition) is 2. The van der Waals surface area contributed by atoms with Gasteiger partial charge in [-0.2, -0.15) is 9.93 Å². The third-order valence-corrected chi connectivity index (χ3v) is 4.05. The van der Waals surface area contributed by atoms with E-state index in [4.69, 9.17) is 0 Å². The molecule has 2 aromatic carbocycles. The van der Waals surface area contributed by atoms with Crippen LogP contribution in [-0.2, 0) is 0 Å². The standard InChI is InChI=1S/C17H14F2N4OS/c1-11-6-7-23(21-11)14-9-12(8-13(18)10-14)17(24)20-22-25-16-5-3-2-4-15(16)19/h2-10,22H,1H3,(H,20,24). The molecule has 0 bridgehead atoms. The van der Waals surface area contributed by atoms with E-state index >= 15 is 0 Å². The molecule has 1 aromatic heterocycles. The van der Waals surface area contributed by atoms with Gasteiger partial charge in [0.05, 0.1) is 16.3 Å². The lowest BCUT2D eigenvalue weighted by Crippen LogP contribution is -2.32. The van der Waals surface area contributed by atoms with Crippen molar-refractivity contribution in [3.05, 3.63) is 77.6 Å². The lowest BCUT2D eigenvalue weighted by atomic mass is 10.2. The summed E-state index contributed by atoms with van der Waals surface area (Å²) in [6, 6.07) is 11.8. The zero-order chi connectivity index (χ0) is 17.8. The second kappa shape index (κ2) is 7.45. The minimum atomic E-state index is -0.558. The van der Waals surface area contributed by atoms with Gasteiger partial charge in [-0.1, -0.05) is 12.1 Å². The normalized spacial score (nSPS) is 10.7. The number of nitrogens with one attached hydrogen (secondary N) is 2. The van der Waals surface area contributed by atoms with Crippen molar-refractivity contribution in [3.63, 3.8) is 0 Å². The summed E-state index contributed by atoms with van der Waals surface area (Å²) < 4.78 is 28.8. The molecule has 2 N–H and O–H groups in total. The highest BCUT2D eigenvalue weighted by Crippen LogP contribution is 2.18. The van der Waals surface area contributed by atoms with Crippen molar-refractivity contribution in [1.82, 2.24) is 20.0 Å². The van der Waals surface area contributed by atoms with Gasteiger partial charge in [-0.25, -0.2) is 13.5 Å². The van der Waals surface area contributed by atoms with Crippen LogP contribution in [-0.4, -0.2) is 15.7 Å². The molecule has 0 aliphatic carbocycles. The molecule has 25 heavy (non-hydrogen) atoms. The zero-order valence-electron chi connectivity index (χ0n) is 13.2. The first-order valence-corrected chi connectivity index (χ1v) is 8.14. The maximum atomic E-state index is 13.8. The van der Waals surface area contributed by atoms with Crippen LogP contribution < -0.4 is 10.3 Å². The van der Waals surface area contributed by atoms with Crippen molar-refractivity contribution in [2.24, 2.45) is 0 Å². The average molecular weight is 360 g/mol. The van der Waals surface area contributed by atoms with Gasteiger partial charge in [0.25, 0.3) is 5.91 Å². The van der Waals surface area contributed by atoms with Crippen molar-refractivity contribution in [3.8, 4) is 5.69 Å². The van der Waals surface area contributed by atoms with Crippen LogP contribution in [0.3, 0.4) is 0 Å². The molecule has 0 aliphatic rings. The number of amides is 1. The molecule has 0 spiro atoms. The third-order valence-electron chi connectivity index (χ3n) is 3.29. The van der Waals surface area contributed by atoms with Gasteiger partial charge < -0.3 is 0 Å². The largest absolute Gasteiger partial charge is 0.277 e. The maximum absolute atomic E-state index is 13.8. The fourth-order valence-electron chi connectivity index (χ4n) is 2.12. The number of hydrazine groups is 1. The van der Waals surface area contributed by atoms with E-state index in [-0.39, 0.29) is 5.56 Å². The van der Waals surface area contributed by atoms with Crippen molar-refractivity contribution in [2.45, 2.75) is 11.8 Å². The molecular weight excluding hydrogens is 346 g/mol. The average Bonchev–Trinajstić information content (AvgIpc) is 3.02. The highest BCUT2D eigenvalue weighted by Gasteiger charge is 2.11. The summed E-state index contributed by atoms with van der Waals surface area (Å²) in [4.78, 5) is 15.1. The number of halogens is 2. The number of nitrogens with zero attached hydrogens (tertiary/aromatic N) is 2. The van der Waals surface area contributed by atoms with Crippen LogP contribution in [0.15, 0.2) is 59.6 Å². The van der Waals surface area contributed by atoms with Gasteiger partial charge in [0.1, 0.15) is 11.6 Å². The third kappa shape index (κ3) is 4.23. The van der Waals surface area contributed by atoms with Gasteiger partial charge in [0.2, 0.25) is 0 Å². The Hall–Kier alpha value is -2.71. The Morgan fingerprint density at radius 1 is 1.16 bits per heavy atom. The molecule has 5 nitrogen and oxygen atoms in total. The second-order valence-corrected chi connectivity index (χ2v) is 6.04. The minimum Gasteiger partial charge on any atom is -0.277 e. The van der Waals surface area contributed by atoms with Gasteiger partial charge in [-0.05, 0) is 55.3 Å². The van der Waals surface area contributed by atoms with Gasteiger partial charge in [0.15, 0.2) is 0 Å². The van der Waals surface area contributed by atoms with Crippen LogP contribution in [0, 0.1) is 18.6 Å². The SMILES string of the molecule is Cc1ccn(-c2cc(F)cc(C(=O)NNSc3ccccc3F)c2)n1. The van der Waals surface area contributed by atoms with Gasteiger partial charge >= 0.3 is 0 Å². The van der Waals surface area contributed by atoms with E-state index in [0.717, 1.165) is 23.7 Å². The molecule has 1 amide bonds. The lowest BCUT2D eigenvalue weighted by Gasteiger charge is -2.09. The Balaban J connectivity index is 1.70. The Bertz CT molecular complexity index is 913. The number of carbonyl (C=O) groups is 1. The van der Waals surface area contributed by atoms with E-state index in [1.807, 2.05) is 6.92 Å². The number of carbonyl (C=O) groups excluding carboxylic acids is 1. The summed E-state index contributed by atoms with van der Waals surface area (Å²) in [7, 11) is 0. The predicted molar refractivity (Wildman–Crippen MR) is 91.1 cm³/mol. The van der Waals surface area contributed by atoms with Crippen LogP contribution in [0.2, 0.25) is 0 Å². The van der Waals surface area contributed by atoms with E-state index in [1.165, 1.54) is 22.9 Å². The summed E-state index contributed by atoms with van der Waals surface area (Å²) >= 11 is 0.910. The fourth-order valence-corrected chi connectivity index (χ4v) is 2.69. The van der Waals surface area contributed by atoms with Crippen LogP contribution in [0.5, 0.6) is 0 Å². The summed E-state index contributed by atoms with van der Waals surface area (Å²) in [5, 5.41) is 4.19. The molecule has 0 fully saturated rings. The summed E-state index contributed by atoms with van der Waals surface area (Å²) in [6.07, 6.45) is 1.68. The molecule has 0 unspecified atom stereocenters. The van der Waals surface area contributed by atoms with Crippen LogP contribution >= 0.6 is 11.9 Å². The van der Waals surface area contributed by atoms with Gasteiger partial charge in [-0.15, -0.1) is 0 Å². The fraction of sp³-hybridized carbons (Fsp3) is 0.0588. The molecule has 0 saturated heterocycles. The van der Waals surface area contributed by atoms with E-state index in [2.05, 4.69) is 15.4 Å². The van der Waals surface area contributed by atoms with E-state index in [9.17, 15) is 13.6 Å². The number of aryl methyl sites for hydroxylation is 1. The summed E-state index contributed by atoms with van der Waals surface area (Å²) in [5.41, 5.74) is 3.72. The molecule has 0 saturated carbocycles. The quantitative estimate of drug-likeness (QED) is 0.541. The topological polar surface area (TPSA) is 59.0 Å². The van der Waals surface area contributed by atoms with Crippen LogP contribution in [0.25, 0.3) is 5.69 Å². The first kappa shape index (κ1) is 17.1. The zero-order valence-corrected chi connectivity index (χ0v) is 14.0. The first-order valence-electron chi connectivity index (χ1n) is 7.33.